The van der Waals surface area contributed by atoms with Crippen LogP contribution in [0.15, 0.2) is 76.6 Å². The highest BCUT2D eigenvalue weighted by Gasteiger charge is 2.15. The number of fused-ring (bicyclic) bond motifs is 1. The molecule has 11 heteroatoms. The molecule has 4 aromatic rings. The Bertz CT molecular complexity index is 1570. The first-order valence-corrected chi connectivity index (χ1v) is 12.0. The van der Waals surface area contributed by atoms with E-state index in [9.17, 15) is 23.3 Å². The third-order valence-corrected chi connectivity index (χ3v) is 7.39. The van der Waals surface area contributed by atoms with Crippen molar-refractivity contribution in [3.63, 3.8) is 0 Å². The van der Waals surface area contributed by atoms with E-state index in [1.807, 2.05) is 6.92 Å². The number of carbonyl (C=O) groups is 1. The van der Waals surface area contributed by atoms with Gasteiger partial charge < -0.3 is 4.57 Å². The molecule has 0 atom stereocenters. The van der Waals surface area contributed by atoms with Crippen LogP contribution in [0.25, 0.3) is 10.2 Å². The van der Waals surface area contributed by atoms with Crippen molar-refractivity contribution < 1.29 is 18.1 Å². The monoisotopic (exact) mass is 482 g/mol. The number of nitro benzene ring substituents is 1. The predicted octanol–water partition coefficient (Wildman–Crippen LogP) is 4.00. The van der Waals surface area contributed by atoms with Gasteiger partial charge in [0, 0.05) is 30.4 Å². The van der Waals surface area contributed by atoms with Gasteiger partial charge >= 0.3 is 0 Å². The number of carbonyl (C=O) groups excluding carboxylic acids is 1. The van der Waals surface area contributed by atoms with Gasteiger partial charge in [0.2, 0.25) is 0 Å². The number of nitro groups is 1. The maximum atomic E-state index is 12.8. The molecular formula is C22H18N4O5S2. The summed E-state index contributed by atoms with van der Waals surface area (Å²) in [5.41, 5.74) is 2.02. The van der Waals surface area contributed by atoms with Crippen molar-refractivity contribution in [3.05, 3.63) is 92.8 Å². The molecule has 0 spiro atoms. The molecule has 0 fully saturated rings. The molecule has 0 saturated carbocycles. The van der Waals surface area contributed by atoms with Crippen molar-refractivity contribution in [3.8, 4) is 0 Å². The van der Waals surface area contributed by atoms with Gasteiger partial charge in [-0.15, -0.1) is 0 Å². The number of rotatable bonds is 5. The van der Waals surface area contributed by atoms with E-state index >= 15 is 0 Å². The Balaban J connectivity index is 1.64. The lowest BCUT2D eigenvalue weighted by Crippen LogP contribution is -2.14. The number of nitrogens with one attached hydrogen (secondary N) is 1. The molecule has 1 N–H and O–H groups in total. The first-order chi connectivity index (χ1) is 15.6. The van der Waals surface area contributed by atoms with Crippen molar-refractivity contribution >= 4 is 48.9 Å². The van der Waals surface area contributed by atoms with Gasteiger partial charge in [0.1, 0.15) is 0 Å². The fourth-order valence-corrected chi connectivity index (χ4v) is 5.24. The molecule has 1 heterocycles. The lowest BCUT2D eigenvalue weighted by atomic mass is 10.2. The number of aromatic nitrogens is 1. The van der Waals surface area contributed by atoms with E-state index in [-0.39, 0.29) is 21.8 Å². The van der Waals surface area contributed by atoms with Gasteiger partial charge in [-0.1, -0.05) is 35.1 Å². The molecule has 1 aromatic heterocycles. The minimum atomic E-state index is -3.82. The summed E-state index contributed by atoms with van der Waals surface area (Å²) in [5.74, 6) is -0.567. The molecule has 0 radical (unpaired) electrons. The smallest absolute Gasteiger partial charge is 0.279 e. The average molecular weight is 483 g/mol. The van der Waals surface area contributed by atoms with Gasteiger partial charge in [0.25, 0.3) is 21.6 Å². The highest BCUT2D eigenvalue weighted by atomic mass is 32.2. The summed E-state index contributed by atoms with van der Waals surface area (Å²) in [6.45, 7) is 1.86. The number of hydrogen-bond acceptors (Lipinski definition) is 6. The largest absolute Gasteiger partial charge is 0.319 e. The molecule has 0 bridgehead atoms. The number of amides is 1. The van der Waals surface area contributed by atoms with E-state index in [1.54, 1.807) is 41.9 Å². The van der Waals surface area contributed by atoms with E-state index < -0.39 is 20.9 Å². The average Bonchev–Trinajstić information content (AvgIpc) is 3.08. The molecule has 168 valence electrons. The molecule has 9 nitrogen and oxygen atoms in total. The topological polar surface area (TPSA) is 124 Å². The first kappa shape index (κ1) is 22.4. The van der Waals surface area contributed by atoms with Gasteiger partial charge in [0.05, 0.1) is 20.0 Å². The van der Waals surface area contributed by atoms with Gasteiger partial charge in [-0.3, -0.25) is 19.6 Å². The van der Waals surface area contributed by atoms with Crippen molar-refractivity contribution in [2.45, 2.75) is 11.8 Å². The summed E-state index contributed by atoms with van der Waals surface area (Å²) < 4.78 is 30.0. The van der Waals surface area contributed by atoms with Gasteiger partial charge in [-0.2, -0.15) is 4.99 Å². The summed E-state index contributed by atoms with van der Waals surface area (Å²) in [6, 6.07) is 16.9. The highest BCUT2D eigenvalue weighted by Crippen LogP contribution is 2.23. The molecule has 0 aliphatic heterocycles. The lowest BCUT2D eigenvalue weighted by molar-refractivity contribution is -0.384. The van der Waals surface area contributed by atoms with Crippen LogP contribution in [0.2, 0.25) is 0 Å². The molecule has 4 rings (SSSR count). The standard InChI is InChI=1S/C22H18N4O5S2/c1-14-6-9-18(10-7-14)33(30,31)24-16-5-3-4-15(12-16)21(27)23-22-25(2)19-11-8-17(26(28)29)13-20(19)32-22/h3-13,24H,1-2H3. The third-order valence-electron chi connectivity index (χ3n) is 4.89. The van der Waals surface area contributed by atoms with E-state index in [4.69, 9.17) is 0 Å². The van der Waals surface area contributed by atoms with Crippen LogP contribution in [0.3, 0.4) is 0 Å². The quantitative estimate of drug-likeness (QED) is 0.340. The van der Waals surface area contributed by atoms with E-state index in [0.717, 1.165) is 16.9 Å². The van der Waals surface area contributed by atoms with Crippen molar-refractivity contribution in [2.24, 2.45) is 12.0 Å². The summed E-state index contributed by atoms with van der Waals surface area (Å²) in [4.78, 5) is 27.9. The first-order valence-electron chi connectivity index (χ1n) is 9.67. The summed E-state index contributed by atoms with van der Waals surface area (Å²) >= 11 is 1.15. The predicted molar refractivity (Wildman–Crippen MR) is 126 cm³/mol. The Kier molecular flexibility index (Phi) is 5.83. The van der Waals surface area contributed by atoms with Crippen LogP contribution in [0.1, 0.15) is 15.9 Å². The van der Waals surface area contributed by atoms with Crippen molar-refractivity contribution in [2.75, 3.05) is 4.72 Å². The number of non-ortho nitro benzene ring substituents is 1. The number of aryl methyl sites for hydroxylation is 2. The van der Waals surface area contributed by atoms with Crippen molar-refractivity contribution in [1.82, 2.24) is 4.57 Å². The van der Waals surface area contributed by atoms with Crippen LogP contribution in [0.5, 0.6) is 0 Å². The van der Waals surface area contributed by atoms with Crippen LogP contribution in [-0.2, 0) is 17.1 Å². The molecule has 0 unspecified atom stereocenters. The maximum absolute atomic E-state index is 12.8. The zero-order valence-corrected chi connectivity index (χ0v) is 19.2. The van der Waals surface area contributed by atoms with Gasteiger partial charge in [-0.25, -0.2) is 8.42 Å². The Labute approximate surface area is 192 Å². The maximum Gasteiger partial charge on any atom is 0.279 e. The second-order valence-electron chi connectivity index (χ2n) is 7.27. The second-order valence-corrected chi connectivity index (χ2v) is 9.96. The molecule has 0 saturated heterocycles. The minimum absolute atomic E-state index is 0.0456. The SMILES string of the molecule is Cc1ccc(S(=O)(=O)Nc2cccc(C(=O)N=c3sc4cc([N+](=O)[O-])ccc4n3C)c2)cc1. The highest BCUT2D eigenvalue weighted by molar-refractivity contribution is 7.92. The lowest BCUT2D eigenvalue weighted by Gasteiger charge is -2.09. The third kappa shape index (κ3) is 4.69. The molecule has 1 amide bonds. The number of sulfonamides is 1. The van der Waals surface area contributed by atoms with Crippen LogP contribution in [-0.4, -0.2) is 23.8 Å². The van der Waals surface area contributed by atoms with Crippen LogP contribution in [0.4, 0.5) is 11.4 Å². The Morgan fingerprint density at radius 1 is 1.09 bits per heavy atom. The number of hydrogen-bond donors (Lipinski definition) is 1. The van der Waals surface area contributed by atoms with Crippen LogP contribution in [0, 0.1) is 17.0 Å². The zero-order chi connectivity index (χ0) is 23.8. The zero-order valence-electron chi connectivity index (χ0n) is 17.6. The molecule has 33 heavy (non-hydrogen) atoms. The number of benzene rings is 3. The molecule has 3 aromatic carbocycles. The molecule has 0 aliphatic rings. The van der Waals surface area contributed by atoms with Crippen LogP contribution < -0.4 is 9.52 Å². The summed E-state index contributed by atoms with van der Waals surface area (Å²) in [7, 11) is -2.10. The van der Waals surface area contributed by atoms with E-state index in [2.05, 4.69) is 9.71 Å². The second kappa shape index (κ2) is 8.60. The van der Waals surface area contributed by atoms with Crippen molar-refractivity contribution in [1.29, 1.82) is 0 Å². The normalized spacial score (nSPS) is 12.1. The van der Waals surface area contributed by atoms with E-state index in [0.29, 0.717) is 15.0 Å². The number of anilines is 1. The Morgan fingerprint density at radius 3 is 2.52 bits per heavy atom. The number of nitrogens with zero attached hydrogens (tertiary/aromatic N) is 3. The Morgan fingerprint density at radius 2 is 1.82 bits per heavy atom. The fraction of sp³-hybridized carbons (Fsp3) is 0.0909. The minimum Gasteiger partial charge on any atom is -0.319 e. The summed E-state index contributed by atoms with van der Waals surface area (Å²) in [5, 5.41) is 11.0. The molecule has 0 aliphatic carbocycles. The van der Waals surface area contributed by atoms with E-state index in [1.165, 1.54) is 36.4 Å². The number of thiazole rings is 1. The van der Waals surface area contributed by atoms with Gasteiger partial charge in [0.15, 0.2) is 4.80 Å². The van der Waals surface area contributed by atoms with Crippen LogP contribution >= 0.6 is 11.3 Å². The molecular weight excluding hydrogens is 464 g/mol. The Hall–Kier alpha value is -3.83. The fourth-order valence-electron chi connectivity index (χ4n) is 3.14. The van der Waals surface area contributed by atoms with Gasteiger partial charge in [-0.05, 0) is 43.3 Å². The summed E-state index contributed by atoms with van der Waals surface area (Å²) in [6.07, 6.45) is 0.